The number of hydrogen-bond acceptors (Lipinski definition) is 4. The van der Waals surface area contributed by atoms with Crippen LogP contribution in [0.5, 0.6) is 0 Å². The molecule has 0 aliphatic carbocycles. The molecule has 6 nitrogen and oxygen atoms in total. The average molecular weight is 364 g/mol. The van der Waals surface area contributed by atoms with Gasteiger partial charge in [0.1, 0.15) is 11.5 Å². The van der Waals surface area contributed by atoms with Crippen LogP contribution < -0.4 is 0 Å². The molecule has 2 N–H and O–H groups in total. The molecule has 0 atom stereocenters. The fourth-order valence-corrected chi connectivity index (χ4v) is 2.65. The maximum absolute atomic E-state index is 13.8. The van der Waals surface area contributed by atoms with Crippen LogP contribution in [0.15, 0.2) is 65.8 Å². The van der Waals surface area contributed by atoms with Gasteiger partial charge in [-0.25, -0.2) is 9.49 Å². The zero-order chi connectivity index (χ0) is 17.9. The minimum atomic E-state index is -0.360. The summed E-state index contributed by atoms with van der Waals surface area (Å²) in [6.45, 7) is 0. The predicted octanol–water partition coefficient (Wildman–Crippen LogP) is 4.02. The van der Waals surface area contributed by atoms with E-state index in [9.17, 15) is 4.39 Å². The van der Waals surface area contributed by atoms with Gasteiger partial charge in [0, 0.05) is 11.1 Å². The van der Waals surface area contributed by atoms with Crippen LogP contribution in [0, 0.1) is 10.6 Å². The summed E-state index contributed by atoms with van der Waals surface area (Å²) in [4.78, 5) is 0. The van der Waals surface area contributed by atoms with Gasteiger partial charge < -0.3 is 0 Å². The molecule has 0 aliphatic heterocycles. The van der Waals surface area contributed by atoms with Gasteiger partial charge in [-0.1, -0.05) is 48.5 Å². The second-order valence-corrected chi connectivity index (χ2v) is 5.85. The van der Waals surface area contributed by atoms with E-state index in [0.717, 1.165) is 11.3 Å². The van der Waals surface area contributed by atoms with E-state index in [4.69, 9.17) is 12.2 Å². The van der Waals surface area contributed by atoms with E-state index in [1.54, 1.807) is 18.2 Å². The van der Waals surface area contributed by atoms with Crippen molar-refractivity contribution in [2.24, 2.45) is 5.10 Å². The van der Waals surface area contributed by atoms with E-state index in [-0.39, 0.29) is 5.82 Å². The highest BCUT2D eigenvalue weighted by molar-refractivity contribution is 7.71. The van der Waals surface area contributed by atoms with Crippen molar-refractivity contribution >= 4 is 18.4 Å². The first-order valence-corrected chi connectivity index (χ1v) is 8.21. The van der Waals surface area contributed by atoms with Gasteiger partial charge >= 0.3 is 0 Å². The SMILES string of the molecule is Fc1ccccc1C=Nn1c(-c2cc(-c3ccccc3)n[nH]2)n[nH]c1=S. The number of nitrogens with one attached hydrogen (secondary N) is 2. The van der Waals surface area contributed by atoms with Crippen LogP contribution in [0.4, 0.5) is 4.39 Å². The summed E-state index contributed by atoms with van der Waals surface area (Å²) in [7, 11) is 0. The lowest BCUT2D eigenvalue weighted by atomic mass is 10.1. The highest BCUT2D eigenvalue weighted by Gasteiger charge is 2.12. The van der Waals surface area contributed by atoms with Gasteiger partial charge in [0.15, 0.2) is 0 Å². The Labute approximate surface area is 153 Å². The molecule has 128 valence electrons. The normalized spacial score (nSPS) is 11.3. The Bertz CT molecular complexity index is 1130. The minimum Gasteiger partial charge on any atom is -0.274 e. The number of aromatic amines is 2. The van der Waals surface area contributed by atoms with E-state index < -0.39 is 0 Å². The van der Waals surface area contributed by atoms with Gasteiger partial charge in [-0.15, -0.1) is 0 Å². The Morgan fingerprint density at radius 2 is 1.77 bits per heavy atom. The van der Waals surface area contributed by atoms with Gasteiger partial charge in [-0.2, -0.15) is 20.0 Å². The number of aromatic nitrogens is 5. The molecule has 0 radical (unpaired) electrons. The fraction of sp³-hybridized carbons (Fsp3) is 0. The fourth-order valence-electron chi connectivity index (χ4n) is 2.47. The Balaban J connectivity index is 1.70. The number of H-pyrrole nitrogens is 2. The molecule has 2 aromatic carbocycles. The number of nitrogens with zero attached hydrogens (tertiary/aromatic N) is 4. The second kappa shape index (κ2) is 6.85. The molecule has 26 heavy (non-hydrogen) atoms. The predicted molar refractivity (Wildman–Crippen MR) is 99.8 cm³/mol. The molecule has 4 rings (SSSR count). The average Bonchev–Trinajstić information content (AvgIpc) is 3.29. The molecule has 0 saturated carbocycles. The van der Waals surface area contributed by atoms with Gasteiger partial charge in [-0.05, 0) is 24.4 Å². The summed E-state index contributed by atoms with van der Waals surface area (Å²) in [5, 5.41) is 18.4. The summed E-state index contributed by atoms with van der Waals surface area (Å²) in [5.74, 6) is 0.0954. The Kier molecular flexibility index (Phi) is 4.24. The maximum atomic E-state index is 13.8. The summed E-state index contributed by atoms with van der Waals surface area (Å²) < 4.78 is 15.5. The molecule has 0 amide bonds. The lowest BCUT2D eigenvalue weighted by Crippen LogP contribution is -1.96. The van der Waals surface area contributed by atoms with Crippen molar-refractivity contribution in [1.29, 1.82) is 0 Å². The van der Waals surface area contributed by atoms with E-state index in [0.29, 0.717) is 21.9 Å². The molecule has 0 unspecified atom stereocenters. The molecule has 0 fully saturated rings. The van der Waals surface area contributed by atoms with Crippen molar-refractivity contribution in [3.05, 3.63) is 76.8 Å². The second-order valence-electron chi connectivity index (χ2n) is 5.46. The van der Waals surface area contributed by atoms with Crippen molar-refractivity contribution in [2.45, 2.75) is 0 Å². The third-order valence-corrected chi connectivity index (χ3v) is 4.02. The Morgan fingerprint density at radius 3 is 2.58 bits per heavy atom. The smallest absolute Gasteiger partial charge is 0.216 e. The summed E-state index contributed by atoms with van der Waals surface area (Å²) >= 11 is 5.22. The van der Waals surface area contributed by atoms with Gasteiger partial charge in [0.2, 0.25) is 10.6 Å². The summed E-state index contributed by atoms with van der Waals surface area (Å²) in [6.07, 6.45) is 1.40. The summed E-state index contributed by atoms with van der Waals surface area (Å²) in [6, 6.07) is 18.0. The molecule has 4 aromatic rings. The first-order chi connectivity index (χ1) is 12.7. The van der Waals surface area contributed by atoms with Crippen LogP contribution in [-0.4, -0.2) is 31.3 Å². The third kappa shape index (κ3) is 3.09. The van der Waals surface area contributed by atoms with Crippen molar-refractivity contribution in [2.75, 3.05) is 0 Å². The maximum Gasteiger partial charge on any atom is 0.216 e. The van der Waals surface area contributed by atoms with E-state index in [1.807, 2.05) is 36.4 Å². The number of benzene rings is 2. The standard InChI is InChI=1S/C18H13FN6S/c19-14-9-5-4-8-13(14)11-20-25-17(23-24-18(25)26)16-10-15(21-22-16)12-6-2-1-3-7-12/h1-11H,(H,21,22)(H,24,26). The van der Waals surface area contributed by atoms with E-state index in [2.05, 4.69) is 25.5 Å². The monoisotopic (exact) mass is 364 g/mol. The van der Waals surface area contributed by atoms with Crippen LogP contribution >= 0.6 is 12.2 Å². The van der Waals surface area contributed by atoms with Crippen molar-refractivity contribution < 1.29 is 4.39 Å². The van der Waals surface area contributed by atoms with Crippen LogP contribution in [0.3, 0.4) is 0 Å². The highest BCUT2D eigenvalue weighted by Crippen LogP contribution is 2.22. The minimum absolute atomic E-state index is 0.295. The van der Waals surface area contributed by atoms with Crippen molar-refractivity contribution in [3.63, 3.8) is 0 Å². The molecule has 0 aliphatic rings. The zero-order valence-electron chi connectivity index (χ0n) is 13.4. The first-order valence-electron chi connectivity index (χ1n) is 7.80. The molecule has 8 heteroatoms. The third-order valence-electron chi connectivity index (χ3n) is 3.76. The molecule has 0 spiro atoms. The van der Waals surface area contributed by atoms with Crippen molar-refractivity contribution in [3.8, 4) is 22.8 Å². The molecular formula is C18H13FN6S. The Hall–Kier alpha value is -3.39. The highest BCUT2D eigenvalue weighted by atomic mass is 32.1. The lowest BCUT2D eigenvalue weighted by molar-refractivity contribution is 0.625. The van der Waals surface area contributed by atoms with Gasteiger partial charge in [0.25, 0.3) is 0 Å². The topological polar surface area (TPSA) is 74.7 Å². The molecule has 2 heterocycles. The van der Waals surface area contributed by atoms with E-state index >= 15 is 0 Å². The van der Waals surface area contributed by atoms with Gasteiger partial charge in [-0.3, -0.25) is 5.10 Å². The molecule has 2 aromatic heterocycles. The Morgan fingerprint density at radius 1 is 1.00 bits per heavy atom. The van der Waals surface area contributed by atoms with Crippen molar-refractivity contribution in [1.82, 2.24) is 25.1 Å². The van der Waals surface area contributed by atoms with Crippen LogP contribution in [0.1, 0.15) is 5.56 Å². The van der Waals surface area contributed by atoms with E-state index in [1.165, 1.54) is 17.0 Å². The molecule has 0 bridgehead atoms. The number of rotatable bonds is 4. The number of hydrogen-bond donors (Lipinski definition) is 2. The molecule has 0 saturated heterocycles. The molecular weight excluding hydrogens is 351 g/mol. The van der Waals surface area contributed by atoms with Crippen LogP contribution in [-0.2, 0) is 0 Å². The summed E-state index contributed by atoms with van der Waals surface area (Å²) in [5.41, 5.74) is 2.75. The van der Waals surface area contributed by atoms with Crippen LogP contribution in [0.2, 0.25) is 0 Å². The van der Waals surface area contributed by atoms with Gasteiger partial charge in [0.05, 0.1) is 11.9 Å². The van der Waals surface area contributed by atoms with Crippen LogP contribution in [0.25, 0.3) is 22.8 Å². The lowest BCUT2D eigenvalue weighted by Gasteiger charge is -1.98. The quantitative estimate of drug-likeness (QED) is 0.424. The number of halogens is 1. The zero-order valence-corrected chi connectivity index (χ0v) is 14.2. The largest absolute Gasteiger partial charge is 0.274 e. The first kappa shape index (κ1) is 16.1.